The van der Waals surface area contributed by atoms with Gasteiger partial charge in [-0.3, -0.25) is 4.72 Å². The maximum atomic E-state index is 12.3. The molecule has 0 unspecified atom stereocenters. The van der Waals surface area contributed by atoms with Crippen molar-refractivity contribution in [2.45, 2.75) is 4.90 Å². The Morgan fingerprint density at radius 1 is 1.05 bits per heavy atom. The Balaban J connectivity index is 2.41. The highest BCUT2D eigenvalue weighted by Gasteiger charge is 2.19. The van der Waals surface area contributed by atoms with Crippen molar-refractivity contribution in [2.24, 2.45) is 0 Å². The lowest BCUT2D eigenvalue weighted by Crippen LogP contribution is -2.15. The Bertz CT molecular complexity index is 684. The first-order valence-corrected chi connectivity index (χ1v) is 7.03. The number of para-hydroxylation sites is 3. The van der Waals surface area contributed by atoms with E-state index in [0.29, 0.717) is 11.4 Å². The van der Waals surface area contributed by atoms with Gasteiger partial charge in [0, 0.05) is 0 Å². The van der Waals surface area contributed by atoms with Crippen LogP contribution in [0.3, 0.4) is 0 Å². The predicted molar refractivity (Wildman–Crippen MR) is 74.7 cm³/mol. The van der Waals surface area contributed by atoms with Gasteiger partial charge in [-0.2, -0.15) is 0 Å². The number of rotatable bonds is 4. The van der Waals surface area contributed by atoms with E-state index in [1.54, 1.807) is 42.5 Å². The number of nitrogens with one attached hydrogen (secondary N) is 1. The van der Waals surface area contributed by atoms with Crippen LogP contribution in [0.2, 0.25) is 0 Å². The maximum absolute atomic E-state index is 12.3. The van der Waals surface area contributed by atoms with Crippen molar-refractivity contribution in [3.05, 3.63) is 48.5 Å². The van der Waals surface area contributed by atoms with Crippen molar-refractivity contribution >= 4 is 21.4 Å². The van der Waals surface area contributed by atoms with E-state index >= 15 is 0 Å². The third-order valence-electron chi connectivity index (χ3n) is 2.56. The second kappa shape index (κ2) is 5.19. The molecule has 0 fully saturated rings. The fourth-order valence-electron chi connectivity index (χ4n) is 1.63. The van der Waals surface area contributed by atoms with Gasteiger partial charge in [0.05, 0.1) is 18.5 Å². The Morgan fingerprint density at radius 2 is 1.68 bits per heavy atom. The summed E-state index contributed by atoms with van der Waals surface area (Å²) in [6.45, 7) is 0. The number of hydrogen-bond acceptors (Lipinski definition) is 4. The summed E-state index contributed by atoms with van der Waals surface area (Å²) in [6, 6.07) is 13.1. The van der Waals surface area contributed by atoms with Gasteiger partial charge in [0.15, 0.2) is 0 Å². The van der Waals surface area contributed by atoms with Gasteiger partial charge in [0.25, 0.3) is 10.0 Å². The molecule has 100 valence electrons. The van der Waals surface area contributed by atoms with Crippen LogP contribution in [0.4, 0.5) is 11.4 Å². The van der Waals surface area contributed by atoms with Crippen molar-refractivity contribution < 1.29 is 13.2 Å². The van der Waals surface area contributed by atoms with E-state index in [4.69, 9.17) is 10.5 Å². The number of benzene rings is 2. The van der Waals surface area contributed by atoms with Crippen LogP contribution < -0.4 is 15.2 Å². The summed E-state index contributed by atoms with van der Waals surface area (Å²) in [4.78, 5) is 0.0701. The molecule has 0 amide bonds. The molecule has 0 spiro atoms. The van der Waals surface area contributed by atoms with Crippen LogP contribution in [0, 0.1) is 0 Å². The van der Waals surface area contributed by atoms with Gasteiger partial charge in [-0.15, -0.1) is 0 Å². The molecule has 2 aromatic carbocycles. The highest BCUT2D eigenvalue weighted by molar-refractivity contribution is 7.92. The first-order chi connectivity index (χ1) is 9.04. The molecule has 0 bridgehead atoms. The molecule has 0 radical (unpaired) electrons. The monoisotopic (exact) mass is 278 g/mol. The summed E-state index contributed by atoms with van der Waals surface area (Å²) in [6.07, 6.45) is 0. The molecule has 0 aromatic heterocycles. The van der Waals surface area contributed by atoms with E-state index in [0.717, 1.165) is 0 Å². The normalized spacial score (nSPS) is 11.0. The summed E-state index contributed by atoms with van der Waals surface area (Å²) >= 11 is 0. The molecular weight excluding hydrogens is 264 g/mol. The van der Waals surface area contributed by atoms with Gasteiger partial charge in [-0.1, -0.05) is 24.3 Å². The minimum Gasteiger partial charge on any atom is -0.495 e. The number of sulfonamides is 1. The summed E-state index contributed by atoms with van der Waals surface area (Å²) < 4.78 is 32.1. The number of hydrogen-bond donors (Lipinski definition) is 2. The minimum absolute atomic E-state index is 0.0701. The molecular formula is C13H14N2O3S. The lowest BCUT2D eigenvalue weighted by molar-refractivity contribution is 0.403. The molecule has 2 aromatic rings. The third kappa shape index (κ3) is 2.79. The Kier molecular flexibility index (Phi) is 3.62. The first-order valence-electron chi connectivity index (χ1n) is 5.55. The third-order valence-corrected chi connectivity index (χ3v) is 3.97. The second-order valence-electron chi connectivity index (χ2n) is 3.84. The highest BCUT2D eigenvalue weighted by atomic mass is 32.2. The van der Waals surface area contributed by atoms with Gasteiger partial charge in [0.1, 0.15) is 10.6 Å². The van der Waals surface area contributed by atoms with Gasteiger partial charge < -0.3 is 10.5 Å². The molecule has 0 saturated heterocycles. The topological polar surface area (TPSA) is 81.4 Å². The van der Waals surface area contributed by atoms with Crippen molar-refractivity contribution in [3.63, 3.8) is 0 Å². The minimum atomic E-state index is -3.73. The van der Waals surface area contributed by atoms with Crippen LogP contribution >= 0.6 is 0 Å². The average molecular weight is 278 g/mol. The lowest BCUT2D eigenvalue weighted by Gasteiger charge is -2.12. The number of methoxy groups -OCH3 is 1. The molecule has 0 aliphatic heterocycles. The molecule has 2 rings (SSSR count). The molecule has 0 aliphatic rings. The van der Waals surface area contributed by atoms with Crippen molar-refractivity contribution in [1.82, 2.24) is 0 Å². The van der Waals surface area contributed by atoms with E-state index in [1.165, 1.54) is 13.2 Å². The van der Waals surface area contributed by atoms with Crippen molar-refractivity contribution in [1.29, 1.82) is 0 Å². The fraction of sp³-hybridized carbons (Fsp3) is 0.0769. The van der Waals surface area contributed by atoms with E-state index in [1.807, 2.05) is 0 Å². The summed E-state index contributed by atoms with van der Waals surface area (Å²) in [5, 5.41) is 0. The summed E-state index contributed by atoms with van der Waals surface area (Å²) in [7, 11) is -2.31. The van der Waals surface area contributed by atoms with E-state index in [9.17, 15) is 8.42 Å². The van der Waals surface area contributed by atoms with E-state index in [2.05, 4.69) is 4.72 Å². The quantitative estimate of drug-likeness (QED) is 0.839. The van der Waals surface area contributed by atoms with Crippen LogP contribution in [0.25, 0.3) is 0 Å². The SMILES string of the molecule is COc1ccccc1S(=O)(=O)Nc1ccccc1N. The first kappa shape index (κ1) is 13.2. The van der Waals surface area contributed by atoms with Crippen LogP contribution in [0.15, 0.2) is 53.4 Å². The molecule has 5 nitrogen and oxygen atoms in total. The van der Waals surface area contributed by atoms with Crippen LogP contribution in [-0.4, -0.2) is 15.5 Å². The van der Waals surface area contributed by atoms with Crippen molar-refractivity contribution in [2.75, 3.05) is 17.6 Å². The van der Waals surface area contributed by atoms with Gasteiger partial charge in [-0.05, 0) is 24.3 Å². The van der Waals surface area contributed by atoms with Gasteiger partial charge in [-0.25, -0.2) is 8.42 Å². The van der Waals surface area contributed by atoms with Gasteiger partial charge >= 0.3 is 0 Å². The maximum Gasteiger partial charge on any atom is 0.265 e. The molecule has 6 heteroatoms. The van der Waals surface area contributed by atoms with Crippen molar-refractivity contribution in [3.8, 4) is 5.75 Å². The standard InChI is InChI=1S/C13H14N2O3S/c1-18-12-8-4-5-9-13(12)19(16,17)15-11-7-3-2-6-10(11)14/h2-9,15H,14H2,1H3. The second-order valence-corrected chi connectivity index (χ2v) is 5.49. The van der Waals surface area contributed by atoms with Crippen LogP contribution in [-0.2, 0) is 10.0 Å². The fourth-order valence-corrected chi connectivity index (χ4v) is 2.89. The Hall–Kier alpha value is -2.21. The zero-order valence-corrected chi connectivity index (χ0v) is 11.1. The number of ether oxygens (including phenoxy) is 1. The lowest BCUT2D eigenvalue weighted by atomic mass is 10.3. The summed E-state index contributed by atoms with van der Waals surface area (Å²) in [5.41, 5.74) is 6.42. The Labute approximate surface area is 112 Å². The predicted octanol–water partition coefficient (Wildman–Crippen LogP) is 2.08. The summed E-state index contributed by atoms with van der Waals surface area (Å²) in [5.74, 6) is 0.282. The molecule has 0 saturated carbocycles. The smallest absolute Gasteiger partial charge is 0.265 e. The molecule has 3 N–H and O–H groups in total. The zero-order valence-electron chi connectivity index (χ0n) is 10.3. The Morgan fingerprint density at radius 3 is 2.37 bits per heavy atom. The average Bonchev–Trinajstić information content (AvgIpc) is 2.41. The van der Waals surface area contributed by atoms with Gasteiger partial charge in [0.2, 0.25) is 0 Å². The highest BCUT2D eigenvalue weighted by Crippen LogP contribution is 2.27. The van der Waals surface area contributed by atoms with Crippen LogP contribution in [0.1, 0.15) is 0 Å². The largest absolute Gasteiger partial charge is 0.495 e. The molecule has 0 aliphatic carbocycles. The zero-order chi connectivity index (χ0) is 13.9. The molecule has 0 atom stereocenters. The molecule has 0 heterocycles. The van der Waals surface area contributed by atoms with E-state index < -0.39 is 10.0 Å². The van der Waals surface area contributed by atoms with Crippen LogP contribution in [0.5, 0.6) is 5.75 Å². The van der Waals surface area contributed by atoms with E-state index in [-0.39, 0.29) is 10.6 Å². The number of nitrogen functional groups attached to an aromatic ring is 1. The molecule has 19 heavy (non-hydrogen) atoms. The number of anilines is 2. The number of nitrogens with two attached hydrogens (primary N) is 1.